The first kappa shape index (κ1) is 18.3. The Bertz CT molecular complexity index is 938. The summed E-state index contributed by atoms with van der Waals surface area (Å²) in [5.41, 5.74) is 2.81. The van der Waals surface area contributed by atoms with E-state index in [1.54, 1.807) is 24.3 Å². The highest BCUT2D eigenvalue weighted by atomic mass is 127. The Morgan fingerprint density at radius 2 is 1.54 bits per heavy atom. The molecular weight excluding hydrogens is 437 g/mol. The van der Waals surface area contributed by atoms with Gasteiger partial charge in [-0.2, -0.15) is 0 Å². The molecule has 4 heteroatoms. The number of benzene rings is 3. The van der Waals surface area contributed by atoms with Gasteiger partial charge in [0.25, 0.3) is 0 Å². The fraction of sp³-hybridized carbons (Fsp3) is 0.0909. The van der Waals surface area contributed by atoms with E-state index in [0.29, 0.717) is 11.1 Å². The number of halogens is 1. The maximum absolute atomic E-state index is 12.6. The third-order valence-electron chi connectivity index (χ3n) is 4.17. The van der Waals surface area contributed by atoms with Gasteiger partial charge in [-0.05, 0) is 59.3 Å². The maximum Gasteiger partial charge on any atom is 0.231 e. The van der Waals surface area contributed by atoms with Crippen LogP contribution in [0.25, 0.3) is 0 Å². The van der Waals surface area contributed by atoms with Crippen molar-refractivity contribution < 1.29 is 9.59 Å². The monoisotopic (exact) mass is 455 g/mol. The van der Waals surface area contributed by atoms with Gasteiger partial charge >= 0.3 is 0 Å². The van der Waals surface area contributed by atoms with Crippen molar-refractivity contribution in [1.29, 1.82) is 0 Å². The Morgan fingerprint density at radius 1 is 0.846 bits per heavy atom. The van der Waals surface area contributed by atoms with Gasteiger partial charge in [0.05, 0.1) is 5.92 Å². The summed E-state index contributed by atoms with van der Waals surface area (Å²) < 4.78 is 1.06. The zero-order valence-corrected chi connectivity index (χ0v) is 16.4. The standard InChI is InChI=1S/C22H18INO2/c1-15(22(26)24-20-12-6-11-19(23)14-20)17-9-5-10-18(13-17)21(25)16-7-3-2-4-8-16/h2-15H,1H3,(H,24,26)/t15-/m1/s1. The van der Waals surface area contributed by atoms with Crippen molar-refractivity contribution >= 4 is 40.0 Å². The molecule has 3 aromatic rings. The number of anilines is 1. The van der Waals surface area contributed by atoms with Gasteiger partial charge in [0.15, 0.2) is 5.78 Å². The van der Waals surface area contributed by atoms with Gasteiger partial charge in [0.1, 0.15) is 0 Å². The fourth-order valence-corrected chi connectivity index (χ4v) is 3.22. The maximum atomic E-state index is 12.6. The lowest BCUT2D eigenvalue weighted by Crippen LogP contribution is -2.19. The third-order valence-corrected chi connectivity index (χ3v) is 4.84. The van der Waals surface area contributed by atoms with E-state index in [-0.39, 0.29) is 17.6 Å². The van der Waals surface area contributed by atoms with Gasteiger partial charge in [0, 0.05) is 20.4 Å². The zero-order valence-electron chi connectivity index (χ0n) is 14.3. The first-order valence-electron chi connectivity index (χ1n) is 8.31. The van der Waals surface area contributed by atoms with E-state index in [4.69, 9.17) is 0 Å². The van der Waals surface area contributed by atoms with Crippen LogP contribution in [-0.4, -0.2) is 11.7 Å². The lowest BCUT2D eigenvalue weighted by molar-refractivity contribution is -0.117. The van der Waals surface area contributed by atoms with Crippen molar-refractivity contribution in [1.82, 2.24) is 0 Å². The summed E-state index contributed by atoms with van der Waals surface area (Å²) in [5.74, 6) is -0.509. The second-order valence-corrected chi connectivity index (χ2v) is 7.29. The van der Waals surface area contributed by atoms with E-state index in [1.165, 1.54) is 0 Å². The molecule has 0 radical (unpaired) electrons. The van der Waals surface area contributed by atoms with E-state index < -0.39 is 0 Å². The van der Waals surface area contributed by atoms with E-state index >= 15 is 0 Å². The summed E-state index contributed by atoms with van der Waals surface area (Å²) >= 11 is 2.21. The van der Waals surface area contributed by atoms with Crippen molar-refractivity contribution in [2.24, 2.45) is 0 Å². The molecule has 0 heterocycles. The van der Waals surface area contributed by atoms with Crippen molar-refractivity contribution in [2.45, 2.75) is 12.8 Å². The summed E-state index contributed by atoms with van der Waals surface area (Å²) in [4.78, 5) is 25.2. The highest BCUT2D eigenvalue weighted by Gasteiger charge is 2.17. The summed E-state index contributed by atoms with van der Waals surface area (Å²) in [7, 11) is 0. The second kappa shape index (κ2) is 8.27. The summed E-state index contributed by atoms with van der Waals surface area (Å²) in [6, 6.07) is 24.1. The average molecular weight is 455 g/mol. The molecule has 0 bridgehead atoms. The topological polar surface area (TPSA) is 46.2 Å². The fourth-order valence-electron chi connectivity index (χ4n) is 2.67. The molecule has 0 fully saturated rings. The Labute approximate surface area is 166 Å². The van der Waals surface area contributed by atoms with Crippen molar-refractivity contribution in [3.05, 3.63) is 99.1 Å². The van der Waals surface area contributed by atoms with Crippen LogP contribution >= 0.6 is 22.6 Å². The van der Waals surface area contributed by atoms with Crippen LogP contribution in [0.5, 0.6) is 0 Å². The van der Waals surface area contributed by atoms with Crippen LogP contribution in [0.4, 0.5) is 5.69 Å². The minimum Gasteiger partial charge on any atom is -0.326 e. The van der Waals surface area contributed by atoms with Crippen LogP contribution in [0.1, 0.15) is 34.3 Å². The van der Waals surface area contributed by atoms with E-state index in [2.05, 4.69) is 27.9 Å². The first-order valence-corrected chi connectivity index (χ1v) is 9.38. The Hall–Kier alpha value is -2.47. The van der Waals surface area contributed by atoms with Crippen LogP contribution in [0.15, 0.2) is 78.9 Å². The minimum absolute atomic E-state index is 0.0438. The molecule has 1 amide bonds. The van der Waals surface area contributed by atoms with Crippen LogP contribution in [-0.2, 0) is 4.79 Å². The minimum atomic E-state index is -0.364. The molecule has 0 spiro atoms. The van der Waals surface area contributed by atoms with Gasteiger partial charge in [-0.25, -0.2) is 0 Å². The van der Waals surface area contributed by atoms with Gasteiger partial charge < -0.3 is 5.32 Å². The number of carbonyl (C=O) groups excluding carboxylic acids is 2. The SMILES string of the molecule is C[C@@H](C(=O)Nc1cccc(I)c1)c1cccc(C(=O)c2ccccc2)c1. The Balaban J connectivity index is 1.78. The molecule has 3 nitrogen and oxygen atoms in total. The van der Waals surface area contributed by atoms with Gasteiger partial charge in [0.2, 0.25) is 5.91 Å². The zero-order chi connectivity index (χ0) is 18.5. The summed E-state index contributed by atoms with van der Waals surface area (Å²) in [6.07, 6.45) is 0. The predicted octanol–water partition coefficient (Wildman–Crippen LogP) is 5.26. The smallest absolute Gasteiger partial charge is 0.231 e. The third kappa shape index (κ3) is 4.38. The molecule has 0 saturated carbocycles. The normalized spacial score (nSPS) is 11.6. The molecule has 0 aliphatic heterocycles. The van der Waals surface area contributed by atoms with Gasteiger partial charge in [-0.15, -0.1) is 0 Å². The molecule has 130 valence electrons. The lowest BCUT2D eigenvalue weighted by Gasteiger charge is -2.14. The van der Waals surface area contributed by atoms with Crippen LogP contribution < -0.4 is 5.32 Å². The van der Waals surface area contributed by atoms with E-state index in [1.807, 2.05) is 61.5 Å². The van der Waals surface area contributed by atoms with E-state index in [0.717, 1.165) is 14.8 Å². The molecule has 0 aliphatic rings. The molecule has 3 aromatic carbocycles. The number of rotatable bonds is 5. The second-order valence-electron chi connectivity index (χ2n) is 6.04. The molecule has 1 N–H and O–H groups in total. The van der Waals surface area contributed by atoms with Crippen LogP contribution in [0.2, 0.25) is 0 Å². The highest BCUT2D eigenvalue weighted by Crippen LogP contribution is 2.21. The van der Waals surface area contributed by atoms with Crippen molar-refractivity contribution in [3.63, 3.8) is 0 Å². The van der Waals surface area contributed by atoms with Crippen molar-refractivity contribution in [2.75, 3.05) is 5.32 Å². The molecule has 0 aliphatic carbocycles. The molecule has 0 saturated heterocycles. The molecule has 0 aromatic heterocycles. The predicted molar refractivity (Wildman–Crippen MR) is 113 cm³/mol. The Kier molecular flexibility index (Phi) is 5.83. The largest absolute Gasteiger partial charge is 0.326 e. The van der Waals surface area contributed by atoms with Crippen molar-refractivity contribution in [3.8, 4) is 0 Å². The quantitative estimate of drug-likeness (QED) is 0.421. The Morgan fingerprint density at radius 3 is 2.27 bits per heavy atom. The molecule has 1 atom stereocenters. The molecule has 3 rings (SSSR count). The number of carbonyl (C=O) groups is 2. The van der Waals surface area contributed by atoms with Gasteiger partial charge in [-0.1, -0.05) is 54.6 Å². The number of nitrogens with one attached hydrogen (secondary N) is 1. The number of hydrogen-bond acceptors (Lipinski definition) is 2. The van der Waals surface area contributed by atoms with Crippen LogP contribution in [0.3, 0.4) is 0 Å². The lowest BCUT2D eigenvalue weighted by atomic mass is 9.95. The highest BCUT2D eigenvalue weighted by molar-refractivity contribution is 14.1. The number of hydrogen-bond donors (Lipinski definition) is 1. The molecule has 0 unspecified atom stereocenters. The van der Waals surface area contributed by atoms with Crippen LogP contribution in [0, 0.1) is 3.57 Å². The average Bonchev–Trinajstić information content (AvgIpc) is 2.67. The number of amides is 1. The number of ketones is 1. The molecule has 26 heavy (non-hydrogen) atoms. The van der Waals surface area contributed by atoms with E-state index in [9.17, 15) is 9.59 Å². The first-order chi connectivity index (χ1) is 12.5. The molecular formula is C22H18INO2. The summed E-state index contributed by atoms with van der Waals surface area (Å²) in [6.45, 7) is 1.84. The summed E-state index contributed by atoms with van der Waals surface area (Å²) in [5, 5.41) is 2.93. The van der Waals surface area contributed by atoms with Gasteiger partial charge in [-0.3, -0.25) is 9.59 Å².